The molecule has 3 rings (SSSR count). The topological polar surface area (TPSA) is 81.0 Å². The first kappa shape index (κ1) is 20.2. The van der Waals surface area contributed by atoms with E-state index in [9.17, 15) is 9.59 Å². The lowest BCUT2D eigenvalue weighted by Crippen LogP contribution is -2.43. The minimum absolute atomic E-state index is 0.0244. The Morgan fingerprint density at radius 1 is 1.25 bits per heavy atom. The van der Waals surface area contributed by atoms with Crippen molar-refractivity contribution in [2.75, 3.05) is 6.54 Å². The minimum atomic E-state index is -0.144. The fourth-order valence-electron chi connectivity index (χ4n) is 3.50. The van der Waals surface area contributed by atoms with E-state index in [-0.39, 0.29) is 17.8 Å². The Balaban J connectivity index is 1.46. The zero-order valence-corrected chi connectivity index (χ0v) is 16.9. The van der Waals surface area contributed by atoms with Crippen LogP contribution in [0.1, 0.15) is 44.5 Å². The van der Waals surface area contributed by atoms with Crippen molar-refractivity contribution >= 4 is 6.03 Å². The van der Waals surface area contributed by atoms with Crippen molar-refractivity contribution in [1.82, 2.24) is 25.0 Å². The molecule has 0 saturated carbocycles. The van der Waals surface area contributed by atoms with Crippen LogP contribution < -0.4 is 16.3 Å². The van der Waals surface area contributed by atoms with Gasteiger partial charge in [-0.25, -0.2) is 14.3 Å². The number of nitrogens with zero attached hydrogens (tertiary/aromatic N) is 3. The van der Waals surface area contributed by atoms with E-state index in [1.165, 1.54) is 5.56 Å². The van der Waals surface area contributed by atoms with E-state index in [1.54, 1.807) is 9.25 Å². The second kappa shape index (κ2) is 9.57. The Hall–Kier alpha value is -2.57. The highest BCUT2D eigenvalue weighted by Gasteiger charge is 2.22. The van der Waals surface area contributed by atoms with Crippen LogP contribution in [0.3, 0.4) is 0 Å². The molecular formula is C21H31N5O2. The third-order valence-electron chi connectivity index (χ3n) is 5.21. The highest BCUT2D eigenvalue weighted by atomic mass is 16.2. The molecule has 152 valence electrons. The lowest BCUT2D eigenvalue weighted by molar-refractivity contribution is 0.235. The van der Waals surface area contributed by atoms with Crippen molar-refractivity contribution in [3.63, 3.8) is 0 Å². The number of aryl methyl sites for hydroxylation is 2. The summed E-state index contributed by atoms with van der Waals surface area (Å²) in [6.07, 6.45) is 4.01. The Morgan fingerprint density at radius 2 is 2.04 bits per heavy atom. The zero-order chi connectivity index (χ0) is 19.9. The predicted molar refractivity (Wildman–Crippen MR) is 109 cm³/mol. The zero-order valence-electron chi connectivity index (χ0n) is 16.9. The fourth-order valence-corrected chi connectivity index (χ4v) is 3.50. The van der Waals surface area contributed by atoms with Crippen LogP contribution in [0.4, 0.5) is 4.79 Å². The molecule has 1 unspecified atom stereocenters. The molecule has 0 saturated heterocycles. The van der Waals surface area contributed by atoms with Crippen molar-refractivity contribution in [3.8, 4) is 0 Å². The van der Waals surface area contributed by atoms with E-state index in [0.717, 1.165) is 31.5 Å². The van der Waals surface area contributed by atoms with Crippen LogP contribution in [-0.2, 0) is 25.9 Å². The Kier molecular flexibility index (Phi) is 6.90. The van der Waals surface area contributed by atoms with Crippen molar-refractivity contribution in [1.29, 1.82) is 0 Å². The van der Waals surface area contributed by atoms with Crippen LogP contribution in [0.15, 0.2) is 35.1 Å². The molecule has 1 aromatic heterocycles. The first-order valence-corrected chi connectivity index (χ1v) is 10.3. The summed E-state index contributed by atoms with van der Waals surface area (Å²) < 4.78 is 3.37. The fraction of sp³-hybridized carbons (Fsp3) is 0.571. The summed E-state index contributed by atoms with van der Waals surface area (Å²) in [5, 5.41) is 10.5. The third kappa shape index (κ3) is 5.47. The van der Waals surface area contributed by atoms with E-state index in [4.69, 9.17) is 0 Å². The van der Waals surface area contributed by atoms with Gasteiger partial charge in [-0.3, -0.25) is 4.57 Å². The monoisotopic (exact) mass is 385 g/mol. The van der Waals surface area contributed by atoms with E-state index < -0.39 is 0 Å². The quantitative estimate of drug-likeness (QED) is 0.768. The Morgan fingerprint density at radius 3 is 2.79 bits per heavy atom. The van der Waals surface area contributed by atoms with Gasteiger partial charge in [0.2, 0.25) is 0 Å². The number of aromatic nitrogens is 3. The summed E-state index contributed by atoms with van der Waals surface area (Å²) in [5.41, 5.74) is 1.18. The molecule has 2 N–H and O–H groups in total. The average molecular weight is 386 g/mol. The highest BCUT2D eigenvalue weighted by molar-refractivity contribution is 5.74. The maximum Gasteiger partial charge on any atom is 0.345 e. The van der Waals surface area contributed by atoms with Gasteiger partial charge in [-0.2, -0.15) is 5.10 Å². The molecule has 1 aromatic carbocycles. The number of hydrogen-bond acceptors (Lipinski definition) is 3. The number of carbonyl (C=O) groups excluding carboxylic acids is 1. The van der Waals surface area contributed by atoms with Crippen LogP contribution in [0.5, 0.6) is 0 Å². The van der Waals surface area contributed by atoms with Crippen LogP contribution in [0, 0.1) is 5.92 Å². The SMILES string of the molecule is CC(C)CCn1nc2n(c1=O)CCC(NC(=O)NCCc1ccccc1)CC2. The number of rotatable bonds is 7. The van der Waals surface area contributed by atoms with Gasteiger partial charge < -0.3 is 10.6 Å². The largest absolute Gasteiger partial charge is 0.345 e. The molecule has 1 aliphatic heterocycles. The second-order valence-electron chi connectivity index (χ2n) is 7.92. The van der Waals surface area contributed by atoms with Crippen LogP contribution in [0.25, 0.3) is 0 Å². The molecule has 28 heavy (non-hydrogen) atoms. The number of fused-ring (bicyclic) bond motifs is 1. The molecule has 2 aromatic rings. The molecule has 0 radical (unpaired) electrons. The van der Waals surface area contributed by atoms with Crippen LogP contribution in [0.2, 0.25) is 0 Å². The van der Waals surface area contributed by atoms with E-state index in [0.29, 0.717) is 32.0 Å². The minimum Gasteiger partial charge on any atom is -0.338 e. The van der Waals surface area contributed by atoms with Crippen LogP contribution >= 0.6 is 0 Å². The highest BCUT2D eigenvalue weighted by Crippen LogP contribution is 2.12. The van der Waals surface area contributed by atoms with Gasteiger partial charge in [-0.15, -0.1) is 0 Å². The molecule has 0 bridgehead atoms. The normalized spacial score (nSPS) is 16.5. The number of urea groups is 1. The van der Waals surface area contributed by atoms with E-state index in [1.807, 2.05) is 18.2 Å². The summed E-state index contributed by atoms with van der Waals surface area (Å²) >= 11 is 0. The first-order chi connectivity index (χ1) is 13.5. The molecule has 0 spiro atoms. The van der Waals surface area contributed by atoms with E-state index >= 15 is 0 Å². The van der Waals surface area contributed by atoms with Gasteiger partial charge in [0.05, 0.1) is 0 Å². The smallest absolute Gasteiger partial charge is 0.338 e. The summed E-state index contributed by atoms with van der Waals surface area (Å²) in [5.74, 6) is 1.38. The summed E-state index contributed by atoms with van der Waals surface area (Å²) in [6, 6.07) is 10.0. The van der Waals surface area contributed by atoms with Crippen molar-refractivity contribution in [2.45, 2.75) is 65.1 Å². The molecule has 0 fully saturated rings. The maximum atomic E-state index is 12.5. The maximum absolute atomic E-state index is 12.5. The summed E-state index contributed by atoms with van der Waals surface area (Å²) in [7, 11) is 0. The molecule has 0 aliphatic carbocycles. The van der Waals surface area contributed by atoms with Crippen molar-refractivity contribution in [3.05, 3.63) is 52.2 Å². The predicted octanol–water partition coefficient (Wildman–Crippen LogP) is 2.34. The first-order valence-electron chi connectivity index (χ1n) is 10.3. The van der Waals surface area contributed by atoms with Crippen molar-refractivity contribution in [2.24, 2.45) is 5.92 Å². The third-order valence-corrected chi connectivity index (χ3v) is 5.21. The average Bonchev–Trinajstić information content (AvgIpc) is 2.84. The molecule has 1 atom stereocenters. The molecule has 7 heteroatoms. The second-order valence-corrected chi connectivity index (χ2v) is 7.92. The summed E-state index contributed by atoms with van der Waals surface area (Å²) in [6.45, 7) is 6.16. The number of hydrogen-bond donors (Lipinski definition) is 2. The molecule has 7 nitrogen and oxygen atoms in total. The van der Waals surface area contributed by atoms with Crippen LogP contribution in [-0.4, -0.2) is 33.0 Å². The lowest BCUT2D eigenvalue weighted by atomic mass is 10.1. The van der Waals surface area contributed by atoms with Gasteiger partial charge in [0.25, 0.3) is 0 Å². The van der Waals surface area contributed by atoms with Gasteiger partial charge in [0.15, 0.2) is 0 Å². The number of nitrogens with one attached hydrogen (secondary N) is 2. The number of carbonyl (C=O) groups is 1. The van der Waals surface area contributed by atoms with Gasteiger partial charge in [-0.1, -0.05) is 44.2 Å². The molecule has 2 amide bonds. The van der Waals surface area contributed by atoms with Gasteiger partial charge >= 0.3 is 11.7 Å². The van der Waals surface area contributed by atoms with Crippen molar-refractivity contribution < 1.29 is 4.79 Å². The van der Waals surface area contributed by atoms with Gasteiger partial charge in [0, 0.05) is 32.1 Å². The summed E-state index contributed by atoms with van der Waals surface area (Å²) in [4.78, 5) is 24.7. The molecule has 2 heterocycles. The Labute approximate surface area is 166 Å². The molecular weight excluding hydrogens is 354 g/mol. The molecule has 1 aliphatic rings. The van der Waals surface area contributed by atoms with Gasteiger partial charge in [0.1, 0.15) is 5.82 Å². The number of benzene rings is 1. The standard InChI is InChI=1S/C21H31N5O2/c1-16(2)11-15-26-21(28)25-14-12-18(8-9-19(25)24-26)23-20(27)22-13-10-17-6-4-3-5-7-17/h3-7,16,18H,8-15H2,1-2H3,(H2,22,23,27). The number of amides is 2. The van der Waals surface area contributed by atoms with Gasteiger partial charge in [-0.05, 0) is 37.2 Å². The Bertz CT molecular complexity index is 825. The van der Waals surface area contributed by atoms with E-state index in [2.05, 4.69) is 41.7 Å². The lowest BCUT2D eigenvalue weighted by Gasteiger charge is -2.16.